The molecule has 0 aromatic carbocycles. The quantitative estimate of drug-likeness (QED) is 0.854. The largest absolute Gasteiger partial charge is 0.372 e. The standard InChI is InChI=1S/C11H10FN5O/c1-13-10-9(2-7(12)3-16-10)11(18)17-8-4-14-6-15-5-8/h2-6H,1H3,(H,13,16)(H,17,18). The van der Waals surface area contributed by atoms with Crippen LogP contribution in [0.4, 0.5) is 15.9 Å². The predicted octanol–water partition coefficient (Wildman–Crippen LogP) is 1.30. The van der Waals surface area contributed by atoms with Gasteiger partial charge in [0.1, 0.15) is 18.0 Å². The van der Waals surface area contributed by atoms with Gasteiger partial charge in [-0.05, 0) is 6.07 Å². The van der Waals surface area contributed by atoms with Gasteiger partial charge >= 0.3 is 0 Å². The number of nitrogens with zero attached hydrogens (tertiary/aromatic N) is 3. The molecule has 0 aliphatic carbocycles. The number of nitrogens with one attached hydrogen (secondary N) is 2. The third kappa shape index (κ3) is 2.57. The van der Waals surface area contributed by atoms with E-state index in [1.54, 1.807) is 7.05 Å². The van der Waals surface area contributed by atoms with Gasteiger partial charge in [-0.25, -0.2) is 19.3 Å². The molecule has 0 atom stereocenters. The Morgan fingerprint density at radius 3 is 2.67 bits per heavy atom. The van der Waals surface area contributed by atoms with Crippen LogP contribution in [-0.4, -0.2) is 27.9 Å². The Morgan fingerprint density at radius 2 is 2.00 bits per heavy atom. The highest BCUT2D eigenvalue weighted by Crippen LogP contribution is 2.15. The lowest BCUT2D eigenvalue weighted by molar-refractivity contribution is 0.102. The summed E-state index contributed by atoms with van der Waals surface area (Å²) in [6.07, 6.45) is 5.26. The molecule has 0 saturated heterocycles. The fourth-order valence-electron chi connectivity index (χ4n) is 1.37. The highest BCUT2D eigenvalue weighted by molar-refractivity contribution is 6.07. The Morgan fingerprint density at radius 1 is 1.28 bits per heavy atom. The minimum Gasteiger partial charge on any atom is -0.372 e. The Bertz CT molecular complexity index is 561. The maximum absolute atomic E-state index is 13.1. The maximum atomic E-state index is 13.1. The van der Waals surface area contributed by atoms with E-state index in [1.165, 1.54) is 18.7 Å². The van der Waals surface area contributed by atoms with Crippen LogP contribution in [0.1, 0.15) is 10.4 Å². The van der Waals surface area contributed by atoms with E-state index in [4.69, 9.17) is 0 Å². The number of aromatic nitrogens is 3. The number of rotatable bonds is 3. The number of anilines is 2. The van der Waals surface area contributed by atoms with Gasteiger partial charge in [-0.3, -0.25) is 4.79 Å². The number of carbonyl (C=O) groups is 1. The van der Waals surface area contributed by atoms with Crippen molar-refractivity contribution >= 4 is 17.4 Å². The molecular formula is C11H10FN5O. The molecule has 0 bridgehead atoms. The monoisotopic (exact) mass is 247 g/mol. The number of amides is 1. The first-order valence-electron chi connectivity index (χ1n) is 5.10. The number of pyridine rings is 1. The summed E-state index contributed by atoms with van der Waals surface area (Å²) in [5.74, 6) is -0.768. The van der Waals surface area contributed by atoms with E-state index in [0.717, 1.165) is 12.3 Å². The molecule has 2 aromatic rings. The van der Waals surface area contributed by atoms with Crippen LogP contribution in [0.5, 0.6) is 0 Å². The predicted molar refractivity (Wildman–Crippen MR) is 63.7 cm³/mol. The molecule has 2 rings (SSSR count). The van der Waals surface area contributed by atoms with Crippen LogP contribution >= 0.6 is 0 Å². The molecule has 2 aromatic heterocycles. The molecule has 0 saturated carbocycles. The van der Waals surface area contributed by atoms with E-state index >= 15 is 0 Å². The number of carbonyl (C=O) groups excluding carboxylic acids is 1. The van der Waals surface area contributed by atoms with E-state index in [-0.39, 0.29) is 5.56 Å². The summed E-state index contributed by atoms with van der Waals surface area (Å²) in [4.78, 5) is 23.2. The number of hydrogen-bond acceptors (Lipinski definition) is 5. The average Bonchev–Trinajstić information content (AvgIpc) is 2.40. The molecule has 0 fully saturated rings. The van der Waals surface area contributed by atoms with Gasteiger partial charge in [0.05, 0.1) is 29.8 Å². The van der Waals surface area contributed by atoms with Crippen LogP contribution in [0, 0.1) is 5.82 Å². The fourth-order valence-corrected chi connectivity index (χ4v) is 1.37. The first-order valence-corrected chi connectivity index (χ1v) is 5.10. The number of hydrogen-bond donors (Lipinski definition) is 2. The summed E-state index contributed by atoms with van der Waals surface area (Å²) in [6, 6.07) is 1.11. The Labute approximate surface area is 102 Å². The summed E-state index contributed by atoms with van der Waals surface area (Å²) in [5, 5.41) is 5.27. The topological polar surface area (TPSA) is 79.8 Å². The fraction of sp³-hybridized carbons (Fsp3) is 0.0909. The normalized spacial score (nSPS) is 9.89. The second-order valence-electron chi connectivity index (χ2n) is 3.38. The molecule has 2 N–H and O–H groups in total. The van der Waals surface area contributed by atoms with Gasteiger partial charge < -0.3 is 10.6 Å². The van der Waals surface area contributed by atoms with Gasteiger partial charge in [-0.1, -0.05) is 0 Å². The smallest absolute Gasteiger partial charge is 0.259 e. The molecular weight excluding hydrogens is 237 g/mol. The van der Waals surface area contributed by atoms with Crippen molar-refractivity contribution in [2.75, 3.05) is 17.7 Å². The number of halogens is 1. The zero-order valence-electron chi connectivity index (χ0n) is 9.51. The summed E-state index contributed by atoms with van der Waals surface area (Å²) in [5.41, 5.74) is 0.537. The second kappa shape index (κ2) is 5.17. The van der Waals surface area contributed by atoms with Crippen molar-refractivity contribution in [3.05, 3.63) is 42.4 Å². The zero-order chi connectivity index (χ0) is 13.0. The Kier molecular flexibility index (Phi) is 3.42. The molecule has 7 heteroatoms. The van der Waals surface area contributed by atoms with E-state index in [9.17, 15) is 9.18 Å². The molecule has 0 aliphatic rings. The van der Waals surface area contributed by atoms with Gasteiger partial charge in [0.2, 0.25) is 0 Å². The molecule has 2 heterocycles. The molecule has 0 aliphatic heterocycles. The first-order chi connectivity index (χ1) is 8.70. The third-order valence-electron chi connectivity index (χ3n) is 2.15. The van der Waals surface area contributed by atoms with Crippen LogP contribution in [-0.2, 0) is 0 Å². The van der Waals surface area contributed by atoms with Gasteiger partial charge in [0.15, 0.2) is 0 Å². The molecule has 1 amide bonds. The van der Waals surface area contributed by atoms with Crippen molar-refractivity contribution < 1.29 is 9.18 Å². The molecule has 0 radical (unpaired) electrons. The maximum Gasteiger partial charge on any atom is 0.259 e. The van der Waals surface area contributed by atoms with E-state index in [0.29, 0.717) is 11.5 Å². The van der Waals surface area contributed by atoms with Gasteiger partial charge in [0.25, 0.3) is 5.91 Å². The van der Waals surface area contributed by atoms with E-state index in [1.807, 2.05) is 0 Å². The first kappa shape index (κ1) is 11.9. The van der Waals surface area contributed by atoms with Crippen molar-refractivity contribution in [1.29, 1.82) is 0 Å². The highest BCUT2D eigenvalue weighted by Gasteiger charge is 2.13. The van der Waals surface area contributed by atoms with Crippen molar-refractivity contribution in [3.63, 3.8) is 0 Å². The van der Waals surface area contributed by atoms with Crippen molar-refractivity contribution in [3.8, 4) is 0 Å². The Balaban J connectivity index is 2.26. The lowest BCUT2D eigenvalue weighted by Gasteiger charge is -2.08. The second-order valence-corrected chi connectivity index (χ2v) is 3.38. The molecule has 0 unspecified atom stereocenters. The lowest BCUT2D eigenvalue weighted by atomic mass is 10.2. The van der Waals surface area contributed by atoms with Crippen LogP contribution in [0.15, 0.2) is 31.0 Å². The van der Waals surface area contributed by atoms with Gasteiger partial charge in [0, 0.05) is 7.05 Å². The summed E-state index contributed by atoms with van der Waals surface area (Å²) in [7, 11) is 1.60. The van der Waals surface area contributed by atoms with Gasteiger partial charge in [-0.2, -0.15) is 0 Å². The van der Waals surface area contributed by atoms with Crippen LogP contribution < -0.4 is 10.6 Å². The van der Waals surface area contributed by atoms with Gasteiger partial charge in [-0.15, -0.1) is 0 Å². The van der Waals surface area contributed by atoms with E-state index < -0.39 is 11.7 Å². The molecule has 92 valence electrons. The van der Waals surface area contributed by atoms with Crippen molar-refractivity contribution in [2.24, 2.45) is 0 Å². The van der Waals surface area contributed by atoms with Crippen LogP contribution in [0.25, 0.3) is 0 Å². The summed E-state index contributed by atoms with van der Waals surface area (Å²) < 4.78 is 13.1. The minimum absolute atomic E-state index is 0.112. The molecule has 6 nitrogen and oxygen atoms in total. The SMILES string of the molecule is CNc1ncc(F)cc1C(=O)Nc1cncnc1. The Hall–Kier alpha value is -2.57. The molecule has 0 spiro atoms. The van der Waals surface area contributed by atoms with Crippen molar-refractivity contribution in [2.45, 2.75) is 0 Å². The summed E-state index contributed by atoms with van der Waals surface area (Å²) in [6.45, 7) is 0. The van der Waals surface area contributed by atoms with Crippen LogP contribution in [0.3, 0.4) is 0 Å². The van der Waals surface area contributed by atoms with E-state index in [2.05, 4.69) is 25.6 Å². The van der Waals surface area contributed by atoms with Crippen LogP contribution in [0.2, 0.25) is 0 Å². The minimum atomic E-state index is -0.580. The highest BCUT2D eigenvalue weighted by atomic mass is 19.1. The summed E-state index contributed by atoms with van der Waals surface area (Å²) >= 11 is 0. The lowest BCUT2D eigenvalue weighted by Crippen LogP contribution is -2.15. The van der Waals surface area contributed by atoms with Crippen molar-refractivity contribution in [1.82, 2.24) is 15.0 Å². The third-order valence-corrected chi connectivity index (χ3v) is 2.15. The average molecular weight is 247 g/mol. The molecule has 18 heavy (non-hydrogen) atoms. The zero-order valence-corrected chi connectivity index (χ0v) is 9.51.